The number of nitriles is 1. The molecule has 168 valence electrons. The van der Waals surface area contributed by atoms with Crippen LogP contribution in [0.1, 0.15) is 5.56 Å². The van der Waals surface area contributed by atoms with Gasteiger partial charge in [-0.1, -0.05) is 6.07 Å². The second-order valence-corrected chi connectivity index (χ2v) is 6.97. The van der Waals surface area contributed by atoms with Crippen molar-refractivity contribution in [2.45, 2.75) is 0 Å². The monoisotopic (exact) mass is 456 g/mol. The molecule has 0 spiro atoms. The van der Waals surface area contributed by atoms with Crippen molar-refractivity contribution in [2.75, 3.05) is 12.4 Å². The summed E-state index contributed by atoms with van der Waals surface area (Å²) < 4.78 is 25.4. The van der Waals surface area contributed by atoms with Gasteiger partial charge in [-0.2, -0.15) is 10.2 Å². The molecule has 0 fully saturated rings. The van der Waals surface area contributed by atoms with Gasteiger partial charge in [-0.3, -0.25) is 14.0 Å². The Bertz CT molecular complexity index is 1490. The Hall–Kier alpha value is -4.97. The number of pyridine rings is 1. The molecular weight excluding hydrogens is 439 g/mol. The number of benzene rings is 2. The van der Waals surface area contributed by atoms with E-state index in [0.717, 1.165) is 6.08 Å². The molecule has 34 heavy (non-hydrogen) atoms. The number of nitrogens with zero attached hydrogens (tertiary/aromatic N) is 3. The number of halogens is 1. The van der Waals surface area contributed by atoms with Gasteiger partial charge in [-0.15, -0.1) is 0 Å². The summed E-state index contributed by atoms with van der Waals surface area (Å²) in [7, 11) is 1.52. The van der Waals surface area contributed by atoms with E-state index >= 15 is 0 Å². The molecule has 0 aliphatic heterocycles. The van der Waals surface area contributed by atoms with E-state index in [-0.39, 0.29) is 22.8 Å². The number of methoxy groups -OCH3 is 1. The van der Waals surface area contributed by atoms with Crippen LogP contribution >= 0.6 is 0 Å². The van der Waals surface area contributed by atoms with Gasteiger partial charge in [0.25, 0.3) is 11.5 Å². The number of anilines is 1. The Balaban J connectivity index is 1.76. The highest BCUT2D eigenvalue weighted by molar-refractivity contribution is 6.09. The number of nitrogens with one attached hydrogen (secondary N) is 1. The van der Waals surface area contributed by atoms with Gasteiger partial charge >= 0.3 is 0 Å². The molecule has 1 amide bonds. The Labute approximate surface area is 193 Å². The van der Waals surface area contributed by atoms with Crippen LogP contribution in [0.25, 0.3) is 11.7 Å². The summed E-state index contributed by atoms with van der Waals surface area (Å²) in [6.45, 7) is 0. The zero-order valence-corrected chi connectivity index (χ0v) is 17.9. The average molecular weight is 456 g/mol. The summed E-state index contributed by atoms with van der Waals surface area (Å²) in [5, 5.41) is 12.2. The first-order valence-corrected chi connectivity index (χ1v) is 10.0. The molecule has 4 rings (SSSR count). The van der Waals surface area contributed by atoms with E-state index in [1.54, 1.807) is 42.5 Å². The highest BCUT2D eigenvalue weighted by Crippen LogP contribution is 2.24. The van der Waals surface area contributed by atoms with Gasteiger partial charge in [0.2, 0.25) is 5.88 Å². The Kier molecular flexibility index (Phi) is 6.32. The summed E-state index contributed by atoms with van der Waals surface area (Å²) in [5.41, 5.74) is -0.275. The summed E-state index contributed by atoms with van der Waals surface area (Å²) in [6.07, 6.45) is 2.62. The van der Waals surface area contributed by atoms with Gasteiger partial charge in [0.1, 0.15) is 40.2 Å². The Morgan fingerprint density at radius 3 is 2.47 bits per heavy atom. The summed E-state index contributed by atoms with van der Waals surface area (Å²) in [5.74, 6) is -0.483. The molecule has 0 bridgehead atoms. The number of ether oxygens (including phenoxy) is 2. The first-order chi connectivity index (χ1) is 16.5. The third kappa shape index (κ3) is 4.76. The van der Waals surface area contributed by atoms with Gasteiger partial charge in [-0.05, 0) is 66.7 Å². The van der Waals surface area contributed by atoms with E-state index in [1.165, 1.54) is 42.0 Å². The Morgan fingerprint density at radius 1 is 1.09 bits per heavy atom. The quantitative estimate of drug-likeness (QED) is 0.345. The maximum Gasteiger partial charge on any atom is 0.269 e. The van der Waals surface area contributed by atoms with Crippen LogP contribution < -0.4 is 20.3 Å². The number of rotatable bonds is 6. The van der Waals surface area contributed by atoms with E-state index in [1.807, 2.05) is 6.07 Å². The van der Waals surface area contributed by atoms with Crippen LogP contribution in [0.4, 0.5) is 10.1 Å². The smallest absolute Gasteiger partial charge is 0.269 e. The number of hydrogen-bond donors (Lipinski definition) is 1. The normalized spacial score (nSPS) is 11.0. The van der Waals surface area contributed by atoms with Gasteiger partial charge in [0.15, 0.2) is 0 Å². The van der Waals surface area contributed by atoms with Crippen LogP contribution in [0, 0.1) is 17.1 Å². The van der Waals surface area contributed by atoms with E-state index in [2.05, 4.69) is 10.3 Å². The minimum absolute atomic E-state index is 0.116. The fourth-order valence-electron chi connectivity index (χ4n) is 3.06. The molecule has 4 aromatic rings. The van der Waals surface area contributed by atoms with Crippen molar-refractivity contribution in [1.82, 2.24) is 9.38 Å². The molecule has 0 saturated carbocycles. The van der Waals surface area contributed by atoms with E-state index in [4.69, 9.17) is 9.47 Å². The summed E-state index contributed by atoms with van der Waals surface area (Å²) in [4.78, 5) is 30.3. The van der Waals surface area contributed by atoms with Crippen molar-refractivity contribution in [1.29, 1.82) is 5.26 Å². The number of carbonyl (C=O) groups excluding carboxylic acids is 1. The second kappa shape index (κ2) is 9.67. The van der Waals surface area contributed by atoms with Crippen molar-refractivity contribution in [3.63, 3.8) is 0 Å². The zero-order valence-electron chi connectivity index (χ0n) is 17.9. The predicted molar refractivity (Wildman–Crippen MR) is 123 cm³/mol. The number of aromatic nitrogens is 2. The molecule has 1 N–H and O–H groups in total. The summed E-state index contributed by atoms with van der Waals surface area (Å²) >= 11 is 0. The maximum atomic E-state index is 13.3. The summed E-state index contributed by atoms with van der Waals surface area (Å²) in [6, 6.07) is 18.4. The lowest BCUT2D eigenvalue weighted by molar-refractivity contribution is -0.112. The fraction of sp³-hybridized carbons (Fsp3) is 0.0400. The first kappa shape index (κ1) is 22.2. The van der Waals surface area contributed by atoms with Crippen LogP contribution in [0.2, 0.25) is 0 Å². The largest absolute Gasteiger partial charge is 0.497 e. The number of carbonyl (C=O) groups is 1. The SMILES string of the molecule is COc1ccc(NC(=O)/C(C#N)=C/c2c(Oc3ccc(F)cc3)nc3ccccn3c2=O)cc1. The highest BCUT2D eigenvalue weighted by atomic mass is 19.1. The standard InChI is InChI=1S/C25H17FN4O4/c1-33-19-11-7-18(8-12-19)28-23(31)16(15-27)14-21-24(34-20-9-5-17(26)6-10-20)29-22-4-2-3-13-30(22)25(21)32/h2-14H,1H3,(H,28,31)/b16-14+. The number of amides is 1. The van der Waals surface area contributed by atoms with E-state index in [9.17, 15) is 19.2 Å². The van der Waals surface area contributed by atoms with Crippen molar-refractivity contribution in [3.8, 4) is 23.4 Å². The molecule has 0 aliphatic rings. The van der Waals surface area contributed by atoms with Gasteiger partial charge in [0, 0.05) is 11.9 Å². The molecule has 0 saturated heterocycles. The zero-order chi connectivity index (χ0) is 24.1. The number of fused-ring (bicyclic) bond motifs is 1. The van der Waals surface area contributed by atoms with Crippen molar-refractivity contribution in [3.05, 3.63) is 100 Å². The second-order valence-electron chi connectivity index (χ2n) is 6.97. The molecule has 0 unspecified atom stereocenters. The first-order valence-electron chi connectivity index (χ1n) is 10.0. The molecule has 8 nitrogen and oxygen atoms in total. The lowest BCUT2D eigenvalue weighted by atomic mass is 10.1. The maximum absolute atomic E-state index is 13.3. The van der Waals surface area contributed by atoms with E-state index in [0.29, 0.717) is 17.1 Å². The van der Waals surface area contributed by atoms with Crippen LogP contribution in [0.3, 0.4) is 0 Å². The molecule has 0 aliphatic carbocycles. The van der Waals surface area contributed by atoms with Crippen LogP contribution in [-0.4, -0.2) is 22.4 Å². The average Bonchev–Trinajstić information content (AvgIpc) is 2.86. The van der Waals surface area contributed by atoms with Gasteiger partial charge in [0.05, 0.1) is 7.11 Å². The molecule has 0 radical (unpaired) electrons. The third-order valence-corrected chi connectivity index (χ3v) is 4.76. The van der Waals surface area contributed by atoms with Gasteiger partial charge < -0.3 is 14.8 Å². The van der Waals surface area contributed by atoms with Crippen molar-refractivity contribution in [2.24, 2.45) is 0 Å². The molecule has 9 heteroatoms. The van der Waals surface area contributed by atoms with Gasteiger partial charge in [-0.25, -0.2) is 4.39 Å². The Morgan fingerprint density at radius 2 is 1.79 bits per heavy atom. The lowest BCUT2D eigenvalue weighted by Crippen LogP contribution is -2.20. The third-order valence-electron chi connectivity index (χ3n) is 4.76. The topological polar surface area (TPSA) is 106 Å². The lowest BCUT2D eigenvalue weighted by Gasteiger charge is -2.10. The highest BCUT2D eigenvalue weighted by Gasteiger charge is 2.17. The minimum atomic E-state index is -0.724. The number of hydrogen-bond acceptors (Lipinski definition) is 6. The van der Waals surface area contributed by atoms with Crippen molar-refractivity contribution < 1.29 is 18.7 Å². The molecule has 2 aromatic carbocycles. The van der Waals surface area contributed by atoms with Crippen LogP contribution in [-0.2, 0) is 4.79 Å². The molecule has 0 atom stereocenters. The van der Waals surface area contributed by atoms with Crippen LogP contribution in [0.15, 0.2) is 83.3 Å². The molecule has 2 heterocycles. The predicted octanol–water partition coefficient (Wildman–Crippen LogP) is 4.18. The van der Waals surface area contributed by atoms with Crippen molar-refractivity contribution >= 4 is 23.3 Å². The van der Waals surface area contributed by atoms with Crippen LogP contribution in [0.5, 0.6) is 17.4 Å². The van der Waals surface area contributed by atoms with E-state index < -0.39 is 17.3 Å². The molecule has 2 aromatic heterocycles. The minimum Gasteiger partial charge on any atom is -0.497 e. The molecular formula is C25H17FN4O4. The fourth-order valence-corrected chi connectivity index (χ4v) is 3.06.